The molecule has 0 heterocycles. The van der Waals surface area contributed by atoms with E-state index >= 15 is 0 Å². The van der Waals surface area contributed by atoms with Crippen molar-refractivity contribution in [2.75, 3.05) is 0 Å². The molecule has 0 N–H and O–H groups in total. The van der Waals surface area contributed by atoms with E-state index in [0.29, 0.717) is 0 Å². The van der Waals surface area contributed by atoms with Crippen molar-refractivity contribution in [2.45, 2.75) is 0 Å². The van der Waals surface area contributed by atoms with Gasteiger partial charge in [-0.05, 0) is 10.8 Å². The Kier molecular flexibility index (Phi) is 3.36. The zero-order valence-corrected chi connectivity index (χ0v) is 6.96. The predicted octanol–water partition coefficient (Wildman–Crippen LogP) is 3.71. The summed E-state index contributed by atoms with van der Waals surface area (Å²) in [5.41, 5.74) is 13.5. The smallest absolute Gasteiger partial charge is 0.0184 e. The van der Waals surface area contributed by atoms with Gasteiger partial charge in [-0.2, -0.15) is 0 Å². The van der Waals surface area contributed by atoms with E-state index in [9.17, 15) is 0 Å². The normalized spacial score (nSPS) is 8.31. The van der Waals surface area contributed by atoms with Crippen molar-refractivity contribution in [3.05, 3.63) is 64.5 Å². The lowest BCUT2D eigenvalue weighted by Crippen LogP contribution is -1.67. The highest BCUT2D eigenvalue weighted by Gasteiger charge is 1.85. The van der Waals surface area contributed by atoms with Crippen molar-refractivity contribution in [1.29, 1.82) is 0 Å². The summed E-state index contributed by atoms with van der Waals surface area (Å²) >= 11 is 0. The third-order valence-electron chi connectivity index (χ3n) is 1.66. The molecule has 0 aliphatic carbocycles. The molecular formula is C10H8N3-. The van der Waals surface area contributed by atoms with Crippen molar-refractivity contribution < 1.29 is 0 Å². The van der Waals surface area contributed by atoms with Crippen LogP contribution in [-0.2, 0) is 0 Å². The van der Waals surface area contributed by atoms with Gasteiger partial charge in [-0.3, -0.25) is 4.91 Å². The van der Waals surface area contributed by atoms with Crippen LogP contribution < -0.4 is 0 Å². The maximum Gasteiger partial charge on any atom is -0.0184 e. The van der Waals surface area contributed by atoms with Gasteiger partial charge in [0.25, 0.3) is 0 Å². The highest BCUT2D eigenvalue weighted by molar-refractivity contribution is 5.81. The van der Waals surface area contributed by atoms with Crippen LogP contribution in [0.1, 0.15) is 0 Å². The first kappa shape index (κ1) is 9.10. The predicted molar refractivity (Wildman–Crippen MR) is 54.0 cm³/mol. The molecule has 0 aliphatic rings. The second-order valence-corrected chi connectivity index (χ2v) is 2.44. The van der Waals surface area contributed by atoms with Crippen molar-refractivity contribution >= 4 is 10.8 Å². The Morgan fingerprint density at radius 2 is 0.923 bits per heavy atom. The van der Waals surface area contributed by atoms with Gasteiger partial charge in [0.1, 0.15) is 0 Å². The Morgan fingerprint density at radius 3 is 1.15 bits per heavy atom. The van der Waals surface area contributed by atoms with Gasteiger partial charge in [0, 0.05) is 0 Å². The van der Waals surface area contributed by atoms with Crippen LogP contribution in [0.15, 0.2) is 48.5 Å². The molecule has 64 valence electrons. The summed E-state index contributed by atoms with van der Waals surface area (Å²) < 4.78 is 0. The minimum atomic E-state index is 1.31. The fraction of sp³-hybridized carbons (Fsp3) is 0. The molecule has 0 aliphatic heterocycles. The molecule has 0 saturated heterocycles. The summed E-state index contributed by atoms with van der Waals surface area (Å²) in [7, 11) is 0. The molecule has 2 aromatic carbocycles. The maximum atomic E-state index is 6.75. The van der Waals surface area contributed by atoms with Crippen LogP contribution in [0.2, 0.25) is 0 Å². The Hall–Kier alpha value is -1.99. The zero-order valence-electron chi connectivity index (χ0n) is 6.96. The molecule has 0 saturated carbocycles. The molecule has 0 aromatic heterocycles. The summed E-state index contributed by atoms with van der Waals surface area (Å²) in [6, 6.07) is 16.7. The van der Waals surface area contributed by atoms with E-state index in [2.05, 4.69) is 48.5 Å². The first-order valence-electron chi connectivity index (χ1n) is 3.80. The number of benzene rings is 2. The molecule has 0 unspecified atom stereocenters. The molecule has 0 fully saturated rings. The van der Waals surface area contributed by atoms with Crippen molar-refractivity contribution in [3.8, 4) is 0 Å². The first-order chi connectivity index (χ1) is 6.38. The minimum Gasteiger partial charge on any atom is -0.373 e. The summed E-state index contributed by atoms with van der Waals surface area (Å²) in [4.78, 5) is 1.50. The number of rotatable bonds is 0. The standard InChI is InChI=1S/C10H8.N3/c1-2-6-10-8-4-3-7-9(10)5-1;1-3-2/h1-8H;/q;-1. The van der Waals surface area contributed by atoms with E-state index in [1.54, 1.807) is 0 Å². The van der Waals surface area contributed by atoms with Gasteiger partial charge in [-0.15, -0.1) is 0 Å². The Balaban J connectivity index is 0.000000251. The minimum absolute atomic E-state index is 1.31. The molecule has 0 amide bonds. The van der Waals surface area contributed by atoms with Crippen LogP contribution >= 0.6 is 0 Å². The number of hydrogen-bond donors (Lipinski definition) is 0. The summed E-state index contributed by atoms with van der Waals surface area (Å²) in [5, 5.41) is 2.62. The molecule has 3 heteroatoms. The highest BCUT2D eigenvalue weighted by atomic mass is 15.0. The lowest BCUT2D eigenvalue weighted by molar-refractivity contribution is 1.75. The van der Waals surface area contributed by atoms with Crippen LogP contribution in [0.5, 0.6) is 0 Å². The summed E-state index contributed by atoms with van der Waals surface area (Å²) in [5.74, 6) is 0. The molecule has 0 radical (unpaired) electrons. The van der Waals surface area contributed by atoms with E-state index < -0.39 is 0 Å². The molecule has 2 rings (SSSR count). The van der Waals surface area contributed by atoms with E-state index in [1.807, 2.05) is 0 Å². The molecule has 13 heavy (non-hydrogen) atoms. The third kappa shape index (κ3) is 2.51. The van der Waals surface area contributed by atoms with Gasteiger partial charge in [-0.1, -0.05) is 48.5 Å². The van der Waals surface area contributed by atoms with Gasteiger partial charge in [0.15, 0.2) is 0 Å². The fourth-order valence-electron chi connectivity index (χ4n) is 1.13. The highest BCUT2D eigenvalue weighted by Crippen LogP contribution is 2.11. The fourth-order valence-corrected chi connectivity index (χ4v) is 1.13. The SMILES string of the molecule is [N-]=[N+]=[N-].c1ccc2ccccc2c1. The van der Waals surface area contributed by atoms with E-state index in [1.165, 1.54) is 15.7 Å². The lowest BCUT2D eigenvalue weighted by Gasteiger charge is -1.92. The molecule has 0 atom stereocenters. The molecule has 0 spiro atoms. The molecule has 3 nitrogen and oxygen atoms in total. The van der Waals surface area contributed by atoms with E-state index in [-0.39, 0.29) is 0 Å². The van der Waals surface area contributed by atoms with Gasteiger partial charge in [0.05, 0.1) is 0 Å². The van der Waals surface area contributed by atoms with Crippen LogP contribution in [0.25, 0.3) is 26.7 Å². The second kappa shape index (κ2) is 4.80. The van der Waals surface area contributed by atoms with Crippen molar-refractivity contribution in [3.63, 3.8) is 0 Å². The number of hydrogen-bond acceptors (Lipinski definition) is 0. The molecular weight excluding hydrogens is 162 g/mol. The monoisotopic (exact) mass is 170 g/mol. The van der Waals surface area contributed by atoms with Crippen LogP contribution in [-0.4, -0.2) is 0 Å². The van der Waals surface area contributed by atoms with Crippen molar-refractivity contribution in [2.24, 2.45) is 0 Å². The second-order valence-electron chi connectivity index (χ2n) is 2.44. The largest absolute Gasteiger partial charge is 0.373 e. The van der Waals surface area contributed by atoms with Crippen molar-refractivity contribution in [1.82, 2.24) is 0 Å². The summed E-state index contributed by atoms with van der Waals surface area (Å²) in [6.45, 7) is 0. The Labute approximate surface area is 76.0 Å². The Morgan fingerprint density at radius 1 is 0.692 bits per heavy atom. The Bertz CT molecular complexity index is 352. The maximum absolute atomic E-state index is 6.75. The first-order valence-corrected chi connectivity index (χ1v) is 3.80. The quantitative estimate of drug-likeness (QED) is 0.329. The molecule has 2 aromatic rings. The summed E-state index contributed by atoms with van der Waals surface area (Å²) in [6.07, 6.45) is 0. The van der Waals surface area contributed by atoms with Gasteiger partial charge in [-0.25, -0.2) is 0 Å². The van der Waals surface area contributed by atoms with E-state index in [4.69, 9.17) is 11.1 Å². The zero-order chi connectivity index (χ0) is 9.52. The van der Waals surface area contributed by atoms with Gasteiger partial charge < -0.3 is 11.1 Å². The average molecular weight is 170 g/mol. The van der Waals surface area contributed by atoms with Crippen LogP contribution in [0.3, 0.4) is 0 Å². The van der Waals surface area contributed by atoms with E-state index in [0.717, 1.165) is 0 Å². The van der Waals surface area contributed by atoms with Crippen LogP contribution in [0.4, 0.5) is 0 Å². The number of fused-ring (bicyclic) bond motifs is 1. The molecule has 0 bridgehead atoms. The topological polar surface area (TPSA) is 58.7 Å². The third-order valence-corrected chi connectivity index (χ3v) is 1.66. The van der Waals surface area contributed by atoms with Gasteiger partial charge in [0.2, 0.25) is 0 Å². The average Bonchev–Trinajstić information content (AvgIpc) is 2.19. The lowest BCUT2D eigenvalue weighted by atomic mass is 10.1. The van der Waals surface area contributed by atoms with Crippen LogP contribution in [0, 0.1) is 0 Å². The van der Waals surface area contributed by atoms with Gasteiger partial charge >= 0.3 is 0 Å². The number of nitrogens with zero attached hydrogens (tertiary/aromatic N) is 3.